The lowest BCUT2D eigenvalue weighted by Gasteiger charge is -2.43. The van der Waals surface area contributed by atoms with Gasteiger partial charge in [0.1, 0.15) is 0 Å². The number of likely N-dealkylation sites (N-methyl/N-ethyl adjacent to an activating group) is 1. The van der Waals surface area contributed by atoms with Crippen molar-refractivity contribution in [2.24, 2.45) is 5.92 Å². The van der Waals surface area contributed by atoms with Gasteiger partial charge in [-0.3, -0.25) is 0 Å². The fraction of sp³-hybridized carbons (Fsp3) is 1.00. The third-order valence-electron chi connectivity index (χ3n) is 3.48. The second-order valence-electron chi connectivity index (χ2n) is 5.40. The van der Waals surface area contributed by atoms with Gasteiger partial charge >= 0.3 is 0 Å². The maximum Gasteiger partial charge on any atom is 0.0991 e. The van der Waals surface area contributed by atoms with E-state index in [0.29, 0.717) is 19.3 Å². The summed E-state index contributed by atoms with van der Waals surface area (Å²) < 4.78 is 16.7. The molecule has 0 saturated heterocycles. The van der Waals surface area contributed by atoms with Crippen LogP contribution in [0.5, 0.6) is 0 Å². The quantitative estimate of drug-likeness (QED) is 0.608. The van der Waals surface area contributed by atoms with Crippen LogP contribution in [0.2, 0.25) is 0 Å². The molecule has 1 saturated carbocycles. The molecule has 0 heterocycles. The Morgan fingerprint density at radius 3 is 2.56 bits per heavy atom. The van der Waals surface area contributed by atoms with E-state index in [2.05, 4.69) is 19.2 Å². The van der Waals surface area contributed by atoms with Crippen molar-refractivity contribution in [3.05, 3.63) is 0 Å². The zero-order valence-corrected chi connectivity index (χ0v) is 12.3. The van der Waals surface area contributed by atoms with Crippen LogP contribution in [0.3, 0.4) is 0 Å². The van der Waals surface area contributed by atoms with Gasteiger partial charge in [0.25, 0.3) is 0 Å². The maximum absolute atomic E-state index is 5.90. The molecule has 18 heavy (non-hydrogen) atoms. The number of rotatable bonds is 10. The van der Waals surface area contributed by atoms with Gasteiger partial charge in [0, 0.05) is 19.8 Å². The van der Waals surface area contributed by atoms with Crippen molar-refractivity contribution in [3.63, 3.8) is 0 Å². The van der Waals surface area contributed by atoms with Crippen LogP contribution < -0.4 is 5.32 Å². The fourth-order valence-electron chi connectivity index (χ4n) is 2.24. The van der Waals surface area contributed by atoms with Gasteiger partial charge in [-0.25, -0.2) is 0 Å². The van der Waals surface area contributed by atoms with Gasteiger partial charge in [-0.1, -0.05) is 13.8 Å². The van der Waals surface area contributed by atoms with E-state index in [1.807, 2.05) is 7.05 Å². The van der Waals surface area contributed by atoms with Gasteiger partial charge in [-0.2, -0.15) is 0 Å². The highest BCUT2D eigenvalue weighted by molar-refractivity contribution is 4.96. The van der Waals surface area contributed by atoms with Crippen molar-refractivity contribution in [3.8, 4) is 0 Å². The summed E-state index contributed by atoms with van der Waals surface area (Å²) in [5.41, 5.74) is 0. The third-order valence-corrected chi connectivity index (χ3v) is 3.48. The average molecular weight is 259 g/mol. The van der Waals surface area contributed by atoms with Crippen LogP contribution >= 0.6 is 0 Å². The monoisotopic (exact) mass is 259 g/mol. The van der Waals surface area contributed by atoms with Crippen LogP contribution in [-0.2, 0) is 14.2 Å². The predicted molar refractivity (Wildman–Crippen MR) is 72.9 cm³/mol. The molecule has 3 unspecified atom stereocenters. The van der Waals surface area contributed by atoms with Gasteiger partial charge in [0.15, 0.2) is 0 Å². The molecule has 1 aliphatic carbocycles. The average Bonchev–Trinajstić information content (AvgIpc) is 2.32. The molecule has 1 rings (SSSR count). The molecule has 4 heteroatoms. The molecular weight excluding hydrogens is 230 g/mol. The lowest BCUT2D eigenvalue weighted by atomic mass is 9.85. The summed E-state index contributed by atoms with van der Waals surface area (Å²) in [6.07, 6.45) is 3.87. The van der Waals surface area contributed by atoms with Crippen molar-refractivity contribution in [2.75, 3.05) is 34.0 Å². The summed E-state index contributed by atoms with van der Waals surface area (Å²) in [6.45, 7) is 6.63. The maximum atomic E-state index is 5.90. The largest absolute Gasteiger partial charge is 0.382 e. The molecule has 1 N–H and O–H groups in total. The van der Waals surface area contributed by atoms with Crippen molar-refractivity contribution < 1.29 is 14.2 Å². The molecule has 0 amide bonds. The number of hydrogen-bond acceptors (Lipinski definition) is 4. The zero-order valence-electron chi connectivity index (χ0n) is 12.3. The molecule has 0 aromatic rings. The topological polar surface area (TPSA) is 39.7 Å². The van der Waals surface area contributed by atoms with E-state index in [4.69, 9.17) is 14.2 Å². The van der Waals surface area contributed by atoms with Crippen LogP contribution in [0.15, 0.2) is 0 Å². The van der Waals surface area contributed by atoms with Gasteiger partial charge in [-0.05, 0) is 32.2 Å². The van der Waals surface area contributed by atoms with Crippen molar-refractivity contribution in [1.82, 2.24) is 5.32 Å². The van der Waals surface area contributed by atoms with E-state index in [1.54, 1.807) is 7.11 Å². The predicted octanol–water partition coefficient (Wildman–Crippen LogP) is 1.83. The zero-order chi connectivity index (χ0) is 13.4. The first kappa shape index (κ1) is 15.9. The van der Waals surface area contributed by atoms with E-state index in [-0.39, 0.29) is 12.2 Å². The standard InChI is InChI=1S/C14H29NO3/c1-11(2)6-5-7-17-13-10-12(15-3)14(13)18-9-8-16-4/h11-15H,5-10H2,1-4H3. The highest BCUT2D eigenvalue weighted by atomic mass is 16.6. The Labute approximate surface area is 111 Å². The fourth-order valence-corrected chi connectivity index (χ4v) is 2.24. The molecule has 108 valence electrons. The first-order chi connectivity index (χ1) is 8.69. The van der Waals surface area contributed by atoms with Crippen LogP contribution in [0.25, 0.3) is 0 Å². The Morgan fingerprint density at radius 2 is 1.94 bits per heavy atom. The molecule has 3 atom stereocenters. The Morgan fingerprint density at radius 1 is 1.17 bits per heavy atom. The Kier molecular flexibility index (Phi) is 7.82. The van der Waals surface area contributed by atoms with Gasteiger partial charge < -0.3 is 19.5 Å². The molecule has 0 aromatic carbocycles. The number of ether oxygens (including phenoxy) is 3. The van der Waals surface area contributed by atoms with Crippen LogP contribution in [-0.4, -0.2) is 52.2 Å². The second-order valence-corrected chi connectivity index (χ2v) is 5.40. The van der Waals surface area contributed by atoms with Crippen LogP contribution in [0.1, 0.15) is 33.1 Å². The summed E-state index contributed by atoms with van der Waals surface area (Å²) in [4.78, 5) is 0. The summed E-state index contributed by atoms with van der Waals surface area (Å²) >= 11 is 0. The van der Waals surface area contributed by atoms with Crippen molar-refractivity contribution >= 4 is 0 Å². The number of nitrogens with one attached hydrogen (secondary N) is 1. The first-order valence-electron chi connectivity index (χ1n) is 7.08. The highest BCUT2D eigenvalue weighted by Crippen LogP contribution is 2.27. The number of methoxy groups -OCH3 is 1. The molecule has 0 aliphatic heterocycles. The van der Waals surface area contributed by atoms with Gasteiger partial charge in [-0.15, -0.1) is 0 Å². The van der Waals surface area contributed by atoms with Crippen molar-refractivity contribution in [1.29, 1.82) is 0 Å². The molecule has 0 aromatic heterocycles. The smallest absolute Gasteiger partial charge is 0.0991 e. The summed E-state index contributed by atoms with van der Waals surface area (Å²) in [7, 11) is 3.67. The third kappa shape index (κ3) is 5.22. The van der Waals surface area contributed by atoms with Gasteiger partial charge in [0.05, 0.1) is 25.4 Å². The minimum atomic E-state index is 0.184. The molecular formula is C14H29NO3. The van der Waals surface area contributed by atoms with E-state index >= 15 is 0 Å². The Bertz CT molecular complexity index is 211. The van der Waals surface area contributed by atoms with Crippen molar-refractivity contribution in [2.45, 2.75) is 51.4 Å². The SMILES string of the molecule is CNC1CC(OCCCC(C)C)C1OCCOC. The van der Waals surface area contributed by atoms with Gasteiger partial charge in [0.2, 0.25) is 0 Å². The first-order valence-corrected chi connectivity index (χ1v) is 7.08. The second kappa shape index (κ2) is 8.86. The van der Waals surface area contributed by atoms with E-state index in [0.717, 1.165) is 25.4 Å². The molecule has 0 spiro atoms. The summed E-state index contributed by atoms with van der Waals surface area (Å²) in [6, 6.07) is 0.428. The lowest BCUT2D eigenvalue weighted by Crippen LogP contribution is -2.59. The van der Waals surface area contributed by atoms with E-state index in [1.165, 1.54) is 6.42 Å². The molecule has 0 bridgehead atoms. The summed E-state index contributed by atoms with van der Waals surface area (Å²) in [5, 5.41) is 3.27. The normalized spacial score (nSPS) is 27.5. The molecule has 0 radical (unpaired) electrons. The Hall–Kier alpha value is -0.160. The molecule has 1 fully saturated rings. The minimum Gasteiger partial charge on any atom is -0.382 e. The van der Waals surface area contributed by atoms with E-state index < -0.39 is 0 Å². The lowest BCUT2D eigenvalue weighted by molar-refractivity contribution is -0.151. The summed E-state index contributed by atoms with van der Waals surface area (Å²) in [5.74, 6) is 0.758. The van der Waals surface area contributed by atoms with Crippen LogP contribution in [0, 0.1) is 5.92 Å². The molecule has 1 aliphatic rings. The van der Waals surface area contributed by atoms with Crippen LogP contribution in [0.4, 0.5) is 0 Å². The Balaban J connectivity index is 2.15. The molecule has 4 nitrogen and oxygen atoms in total. The van der Waals surface area contributed by atoms with E-state index in [9.17, 15) is 0 Å². The minimum absolute atomic E-state index is 0.184. The highest BCUT2D eigenvalue weighted by Gasteiger charge is 2.41. The number of hydrogen-bond donors (Lipinski definition) is 1.